The van der Waals surface area contributed by atoms with Crippen molar-refractivity contribution < 1.29 is 19.3 Å². The highest BCUT2D eigenvalue weighted by atomic mass is 16.8. The van der Waals surface area contributed by atoms with Crippen LogP contribution < -0.4 is 0 Å². The number of rotatable bonds is 0. The Morgan fingerprint density at radius 3 is 2.33 bits per heavy atom. The molecule has 4 atom stereocenters. The SMILES string of the molecule is CC1OC(O)C2OC(C)(C)O[C@H]12. The Balaban J connectivity index is 2.15. The maximum Gasteiger partial charge on any atom is 0.184 e. The Morgan fingerprint density at radius 1 is 1.17 bits per heavy atom. The molecule has 2 aliphatic rings. The van der Waals surface area contributed by atoms with Crippen molar-refractivity contribution in [2.24, 2.45) is 0 Å². The first kappa shape index (κ1) is 8.44. The summed E-state index contributed by atoms with van der Waals surface area (Å²) in [6.07, 6.45) is -1.39. The van der Waals surface area contributed by atoms with Crippen molar-refractivity contribution in [3.05, 3.63) is 0 Å². The summed E-state index contributed by atoms with van der Waals surface area (Å²) in [5.74, 6) is -0.589. The molecule has 0 radical (unpaired) electrons. The van der Waals surface area contributed by atoms with Gasteiger partial charge in [-0.15, -0.1) is 0 Å². The summed E-state index contributed by atoms with van der Waals surface area (Å²) in [5, 5.41) is 9.37. The van der Waals surface area contributed by atoms with Crippen LogP contribution in [0, 0.1) is 0 Å². The molecule has 0 saturated carbocycles. The molecule has 70 valence electrons. The van der Waals surface area contributed by atoms with Crippen LogP contribution in [0.5, 0.6) is 0 Å². The third kappa shape index (κ3) is 1.15. The van der Waals surface area contributed by atoms with Crippen molar-refractivity contribution >= 4 is 0 Å². The van der Waals surface area contributed by atoms with E-state index in [0.717, 1.165) is 0 Å². The number of aliphatic hydroxyl groups is 1. The Labute approximate surface area is 71.4 Å². The lowest BCUT2D eigenvalue weighted by atomic mass is 10.2. The van der Waals surface area contributed by atoms with E-state index in [1.807, 2.05) is 20.8 Å². The quantitative estimate of drug-likeness (QED) is 0.571. The fraction of sp³-hybridized carbons (Fsp3) is 1.00. The lowest BCUT2D eigenvalue weighted by molar-refractivity contribution is -0.217. The van der Waals surface area contributed by atoms with Gasteiger partial charge in [-0.2, -0.15) is 0 Å². The van der Waals surface area contributed by atoms with Gasteiger partial charge in [0.15, 0.2) is 12.1 Å². The van der Waals surface area contributed by atoms with Crippen LogP contribution in [0.2, 0.25) is 0 Å². The summed E-state index contributed by atoms with van der Waals surface area (Å²) >= 11 is 0. The van der Waals surface area contributed by atoms with Gasteiger partial charge in [-0.3, -0.25) is 0 Å². The van der Waals surface area contributed by atoms with E-state index < -0.39 is 12.1 Å². The van der Waals surface area contributed by atoms with Gasteiger partial charge >= 0.3 is 0 Å². The normalized spacial score (nSPS) is 51.0. The van der Waals surface area contributed by atoms with Gasteiger partial charge < -0.3 is 19.3 Å². The second-order valence-electron chi connectivity index (χ2n) is 3.80. The van der Waals surface area contributed by atoms with Gasteiger partial charge in [-0.1, -0.05) is 0 Å². The molecule has 4 heteroatoms. The average molecular weight is 174 g/mol. The van der Waals surface area contributed by atoms with E-state index in [1.54, 1.807) is 0 Å². The molecule has 2 fully saturated rings. The Kier molecular flexibility index (Phi) is 1.70. The van der Waals surface area contributed by atoms with Crippen molar-refractivity contribution in [3.63, 3.8) is 0 Å². The molecule has 0 aromatic heterocycles. The standard InChI is InChI=1S/C8H14O4/c1-4-5-6(7(9)10-4)12-8(2,3)11-5/h4-7,9H,1-3H3/t4?,5-,6?,7?/m1/s1. The Bertz CT molecular complexity index is 173. The van der Waals surface area contributed by atoms with Crippen LogP contribution in [-0.4, -0.2) is 35.5 Å². The molecule has 2 rings (SSSR count). The Morgan fingerprint density at radius 2 is 1.75 bits per heavy atom. The minimum Gasteiger partial charge on any atom is -0.366 e. The van der Waals surface area contributed by atoms with Crippen LogP contribution in [0.15, 0.2) is 0 Å². The molecule has 4 nitrogen and oxygen atoms in total. The molecule has 0 bridgehead atoms. The van der Waals surface area contributed by atoms with Crippen LogP contribution in [0.25, 0.3) is 0 Å². The highest BCUT2D eigenvalue weighted by Gasteiger charge is 2.53. The molecular weight excluding hydrogens is 160 g/mol. The van der Waals surface area contributed by atoms with Crippen molar-refractivity contribution in [1.82, 2.24) is 0 Å². The number of aliphatic hydroxyl groups excluding tert-OH is 1. The number of hydrogen-bond donors (Lipinski definition) is 1. The van der Waals surface area contributed by atoms with Crippen molar-refractivity contribution in [3.8, 4) is 0 Å². The molecule has 0 aromatic carbocycles. The van der Waals surface area contributed by atoms with Crippen molar-refractivity contribution in [2.75, 3.05) is 0 Å². The summed E-state index contributed by atoms with van der Waals surface area (Å²) in [6, 6.07) is 0. The molecular formula is C8H14O4. The third-order valence-electron chi connectivity index (χ3n) is 2.26. The Hall–Kier alpha value is -0.160. The van der Waals surface area contributed by atoms with E-state index in [-0.39, 0.29) is 18.3 Å². The minimum absolute atomic E-state index is 0.0909. The maximum atomic E-state index is 9.37. The highest BCUT2D eigenvalue weighted by molar-refractivity contribution is 4.92. The summed E-state index contributed by atoms with van der Waals surface area (Å²) < 4.78 is 16.1. The van der Waals surface area contributed by atoms with Crippen LogP contribution in [0.3, 0.4) is 0 Å². The van der Waals surface area contributed by atoms with Gasteiger partial charge in [-0.25, -0.2) is 0 Å². The second-order valence-corrected chi connectivity index (χ2v) is 3.80. The molecule has 0 aliphatic carbocycles. The largest absolute Gasteiger partial charge is 0.366 e. The molecule has 1 N–H and O–H groups in total. The number of hydrogen-bond acceptors (Lipinski definition) is 4. The molecule has 0 amide bonds. The first-order valence-corrected chi connectivity index (χ1v) is 4.19. The fourth-order valence-electron chi connectivity index (χ4n) is 1.78. The lowest BCUT2D eigenvalue weighted by Crippen LogP contribution is -2.29. The smallest absolute Gasteiger partial charge is 0.184 e. The first-order valence-electron chi connectivity index (χ1n) is 4.19. The monoisotopic (exact) mass is 174 g/mol. The summed E-state index contributed by atoms with van der Waals surface area (Å²) in [5.41, 5.74) is 0. The van der Waals surface area contributed by atoms with Gasteiger partial charge in [0.1, 0.15) is 12.2 Å². The molecule has 2 aliphatic heterocycles. The topological polar surface area (TPSA) is 47.9 Å². The summed E-state index contributed by atoms with van der Waals surface area (Å²) in [4.78, 5) is 0. The highest BCUT2D eigenvalue weighted by Crippen LogP contribution is 2.37. The van der Waals surface area contributed by atoms with Gasteiger partial charge in [-0.05, 0) is 20.8 Å². The van der Waals surface area contributed by atoms with E-state index in [9.17, 15) is 5.11 Å². The van der Waals surface area contributed by atoms with Crippen LogP contribution in [0.4, 0.5) is 0 Å². The van der Waals surface area contributed by atoms with Crippen molar-refractivity contribution in [2.45, 2.75) is 51.2 Å². The summed E-state index contributed by atoms with van der Waals surface area (Å²) in [6.45, 7) is 5.55. The van der Waals surface area contributed by atoms with Gasteiger partial charge in [0.25, 0.3) is 0 Å². The molecule has 2 heterocycles. The molecule has 0 spiro atoms. The van der Waals surface area contributed by atoms with Crippen LogP contribution >= 0.6 is 0 Å². The van der Waals surface area contributed by atoms with E-state index in [1.165, 1.54) is 0 Å². The third-order valence-corrected chi connectivity index (χ3v) is 2.26. The number of fused-ring (bicyclic) bond motifs is 1. The number of ether oxygens (including phenoxy) is 3. The predicted molar refractivity (Wildman–Crippen MR) is 40.4 cm³/mol. The zero-order valence-corrected chi connectivity index (χ0v) is 7.48. The van der Waals surface area contributed by atoms with Crippen molar-refractivity contribution in [1.29, 1.82) is 0 Å². The van der Waals surface area contributed by atoms with Gasteiger partial charge in [0, 0.05) is 0 Å². The van der Waals surface area contributed by atoms with E-state index in [0.29, 0.717) is 0 Å². The molecule has 3 unspecified atom stereocenters. The van der Waals surface area contributed by atoms with Crippen LogP contribution in [0.1, 0.15) is 20.8 Å². The van der Waals surface area contributed by atoms with Gasteiger partial charge in [0.2, 0.25) is 0 Å². The lowest BCUT2D eigenvalue weighted by Gasteiger charge is -2.20. The molecule has 2 saturated heterocycles. The van der Waals surface area contributed by atoms with E-state index in [4.69, 9.17) is 14.2 Å². The van der Waals surface area contributed by atoms with Gasteiger partial charge in [0.05, 0.1) is 6.10 Å². The van der Waals surface area contributed by atoms with E-state index in [2.05, 4.69) is 0 Å². The predicted octanol–water partition coefficient (Wildman–Crippen LogP) is 0.244. The second kappa shape index (κ2) is 2.42. The minimum atomic E-state index is -0.841. The summed E-state index contributed by atoms with van der Waals surface area (Å²) in [7, 11) is 0. The zero-order valence-electron chi connectivity index (χ0n) is 7.48. The van der Waals surface area contributed by atoms with Crippen LogP contribution in [-0.2, 0) is 14.2 Å². The molecule has 0 aromatic rings. The fourth-order valence-corrected chi connectivity index (χ4v) is 1.78. The maximum absolute atomic E-state index is 9.37. The van der Waals surface area contributed by atoms with E-state index >= 15 is 0 Å². The molecule has 12 heavy (non-hydrogen) atoms. The first-order chi connectivity index (χ1) is 5.49. The zero-order chi connectivity index (χ0) is 8.93. The average Bonchev–Trinajstić information content (AvgIpc) is 2.34.